The highest BCUT2D eigenvalue weighted by atomic mass is 32.2. The third-order valence-corrected chi connectivity index (χ3v) is 5.49. The Balaban J connectivity index is 1.86. The van der Waals surface area contributed by atoms with E-state index in [0.29, 0.717) is 11.8 Å². The molecule has 1 aromatic rings. The molecule has 114 valence electrons. The lowest BCUT2D eigenvalue weighted by atomic mass is 10.1. The molecule has 1 amide bonds. The van der Waals surface area contributed by atoms with Gasteiger partial charge in [0.15, 0.2) is 0 Å². The highest BCUT2D eigenvalue weighted by molar-refractivity contribution is 7.98. The van der Waals surface area contributed by atoms with Gasteiger partial charge in [-0.05, 0) is 48.8 Å². The van der Waals surface area contributed by atoms with Crippen molar-refractivity contribution in [1.29, 1.82) is 0 Å². The van der Waals surface area contributed by atoms with Crippen molar-refractivity contribution in [2.75, 3.05) is 18.6 Å². The predicted molar refractivity (Wildman–Crippen MR) is 88.3 cm³/mol. The summed E-state index contributed by atoms with van der Waals surface area (Å²) < 4.78 is 0. The molecule has 1 N–H and O–H groups in total. The molecule has 3 nitrogen and oxygen atoms in total. The van der Waals surface area contributed by atoms with Crippen LogP contribution in [0.3, 0.4) is 0 Å². The fraction of sp³-hybridized carbons (Fsp3) is 0.588. The topological polar surface area (TPSA) is 32.3 Å². The molecule has 0 bridgehead atoms. The molecule has 1 saturated heterocycles. The molecule has 0 aromatic heterocycles. The molecule has 2 fully saturated rings. The molecule has 2 atom stereocenters. The molecular weight excluding hydrogens is 280 g/mol. The molecule has 21 heavy (non-hydrogen) atoms. The van der Waals surface area contributed by atoms with E-state index in [1.807, 2.05) is 11.8 Å². The van der Waals surface area contributed by atoms with Crippen LogP contribution >= 0.6 is 11.8 Å². The molecule has 1 aliphatic heterocycles. The number of benzene rings is 1. The summed E-state index contributed by atoms with van der Waals surface area (Å²) in [6.45, 7) is 5.20. The lowest BCUT2D eigenvalue weighted by Gasteiger charge is -2.28. The van der Waals surface area contributed by atoms with Crippen molar-refractivity contribution in [3.05, 3.63) is 35.4 Å². The van der Waals surface area contributed by atoms with Gasteiger partial charge in [0, 0.05) is 6.54 Å². The smallest absolute Gasteiger partial charge is 0.244 e. The first kappa shape index (κ1) is 14.9. The van der Waals surface area contributed by atoms with Crippen molar-refractivity contribution in [3.8, 4) is 0 Å². The van der Waals surface area contributed by atoms with E-state index in [0.717, 1.165) is 25.1 Å². The Hall–Kier alpha value is -1.00. The van der Waals surface area contributed by atoms with Gasteiger partial charge in [0.05, 0.1) is 0 Å². The second-order valence-corrected chi connectivity index (χ2v) is 7.41. The maximum Gasteiger partial charge on any atom is 0.244 e. The second-order valence-electron chi connectivity index (χ2n) is 6.50. The van der Waals surface area contributed by atoms with Crippen LogP contribution in [0.5, 0.6) is 0 Å². The van der Waals surface area contributed by atoms with Gasteiger partial charge in [-0.25, -0.2) is 0 Å². The number of nitrogens with one attached hydrogen (secondary N) is 1. The number of rotatable bonds is 5. The summed E-state index contributed by atoms with van der Waals surface area (Å²) in [6, 6.07) is 8.40. The van der Waals surface area contributed by atoms with Gasteiger partial charge in [-0.2, -0.15) is 11.8 Å². The number of carbonyl (C=O) groups excluding carboxylic acids is 1. The Morgan fingerprint density at radius 2 is 2.14 bits per heavy atom. The van der Waals surface area contributed by atoms with Crippen molar-refractivity contribution in [2.45, 2.75) is 38.4 Å². The van der Waals surface area contributed by atoms with Gasteiger partial charge in [-0.1, -0.05) is 31.2 Å². The van der Waals surface area contributed by atoms with E-state index in [1.54, 1.807) is 0 Å². The van der Waals surface area contributed by atoms with Crippen LogP contribution < -0.4 is 5.32 Å². The van der Waals surface area contributed by atoms with E-state index >= 15 is 0 Å². The SMILES string of the molecule is CSCC(C)CN1C(=O)C2(CC2)NC1c1ccccc1C. The molecule has 2 aliphatic rings. The molecule has 1 saturated carbocycles. The highest BCUT2D eigenvalue weighted by Gasteiger charge is 2.59. The number of carbonyl (C=O) groups is 1. The van der Waals surface area contributed by atoms with E-state index in [9.17, 15) is 4.79 Å². The van der Waals surface area contributed by atoms with Crippen LogP contribution in [0.4, 0.5) is 0 Å². The summed E-state index contributed by atoms with van der Waals surface area (Å²) in [7, 11) is 0. The largest absolute Gasteiger partial charge is 0.321 e. The van der Waals surface area contributed by atoms with Gasteiger partial charge < -0.3 is 4.90 Å². The molecule has 0 radical (unpaired) electrons. The fourth-order valence-electron chi connectivity index (χ4n) is 3.28. The molecule has 1 aromatic carbocycles. The number of thioether (sulfide) groups is 1. The molecule has 4 heteroatoms. The van der Waals surface area contributed by atoms with Crippen molar-refractivity contribution >= 4 is 17.7 Å². The average Bonchev–Trinajstić information content (AvgIpc) is 3.19. The average molecular weight is 304 g/mol. The van der Waals surface area contributed by atoms with Crippen molar-refractivity contribution in [3.63, 3.8) is 0 Å². The summed E-state index contributed by atoms with van der Waals surface area (Å²) in [4.78, 5) is 14.9. The summed E-state index contributed by atoms with van der Waals surface area (Å²) in [5.74, 6) is 1.92. The van der Waals surface area contributed by atoms with Gasteiger partial charge in [0.1, 0.15) is 11.7 Å². The summed E-state index contributed by atoms with van der Waals surface area (Å²) in [5, 5.41) is 3.62. The predicted octanol–water partition coefficient (Wildman–Crippen LogP) is 2.96. The Labute approximate surface area is 131 Å². The molecule has 2 unspecified atom stereocenters. The van der Waals surface area contributed by atoms with Crippen LogP contribution in [-0.4, -0.2) is 34.9 Å². The number of hydrogen-bond acceptors (Lipinski definition) is 3. The van der Waals surface area contributed by atoms with Crippen LogP contribution in [0.15, 0.2) is 24.3 Å². The summed E-state index contributed by atoms with van der Waals surface area (Å²) in [5.41, 5.74) is 2.25. The number of aryl methyl sites for hydroxylation is 1. The van der Waals surface area contributed by atoms with Gasteiger partial charge in [0.2, 0.25) is 5.91 Å². The zero-order valence-electron chi connectivity index (χ0n) is 13.1. The number of nitrogens with zero attached hydrogens (tertiary/aromatic N) is 1. The Morgan fingerprint density at radius 1 is 1.43 bits per heavy atom. The Morgan fingerprint density at radius 3 is 2.76 bits per heavy atom. The monoisotopic (exact) mass is 304 g/mol. The van der Waals surface area contributed by atoms with E-state index in [4.69, 9.17) is 0 Å². The first-order chi connectivity index (χ1) is 10.1. The second kappa shape index (κ2) is 5.65. The van der Waals surface area contributed by atoms with Crippen LogP contribution in [0.2, 0.25) is 0 Å². The minimum absolute atomic E-state index is 0.0468. The van der Waals surface area contributed by atoms with E-state index < -0.39 is 0 Å². The Kier molecular flexibility index (Phi) is 4.02. The maximum atomic E-state index is 12.8. The van der Waals surface area contributed by atoms with E-state index in [1.165, 1.54) is 11.1 Å². The molecule has 1 spiro atoms. The van der Waals surface area contributed by atoms with Crippen LogP contribution in [0.1, 0.15) is 37.1 Å². The van der Waals surface area contributed by atoms with Crippen LogP contribution in [0.25, 0.3) is 0 Å². The summed E-state index contributed by atoms with van der Waals surface area (Å²) in [6.07, 6.45) is 4.15. The third-order valence-electron chi connectivity index (χ3n) is 4.59. The minimum Gasteiger partial charge on any atom is -0.321 e. The quantitative estimate of drug-likeness (QED) is 0.908. The van der Waals surface area contributed by atoms with Gasteiger partial charge in [-0.3, -0.25) is 10.1 Å². The minimum atomic E-state index is -0.244. The molecule has 3 rings (SSSR count). The zero-order chi connectivity index (χ0) is 15.0. The molecular formula is C17H24N2OS. The van der Waals surface area contributed by atoms with Crippen molar-refractivity contribution in [1.82, 2.24) is 10.2 Å². The van der Waals surface area contributed by atoms with Gasteiger partial charge in [-0.15, -0.1) is 0 Å². The lowest BCUT2D eigenvalue weighted by Crippen LogP contribution is -2.36. The van der Waals surface area contributed by atoms with Gasteiger partial charge in [0.25, 0.3) is 0 Å². The first-order valence-electron chi connectivity index (χ1n) is 7.70. The molecule has 1 heterocycles. The van der Waals surface area contributed by atoms with E-state index in [2.05, 4.69) is 54.6 Å². The fourth-order valence-corrected chi connectivity index (χ4v) is 3.95. The van der Waals surface area contributed by atoms with Crippen molar-refractivity contribution in [2.24, 2.45) is 5.92 Å². The van der Waals surface area contributed by atoms with Crippen LogP contribution in [0, 0.1) is 12.8 Å². The molecule has 1 aliphatic carbocycles. The third kappa shape index (κ3) is 2.71. The standard InChI is InChI=1S/C17H24N2OS/c1-12(11-21-3)10-19-15(14-7-5-4-6-13(14)2)18-17(8-9-17)16(19)20/h4-7,12,15,18H,8-11H2,1-3H3. The van der Waals surface area contributed by atoms with Gasteiger partial charge >= 0.3 is 0 Å². The lowest BCUT2D eigenvalue weighted by molar-refractivity contribution is -0.131. The normalized spacial score (nSPS) is 24.6. The van der Waals surface area contributed by atoms with Crippen LogP contribution in [-0.2, 0) is 4.79 Å². The number of amides is 1. The first-order valence-corrected chi connectivity index (χ1v) is 9.10. The number of hydrogen-bond donors (Lipinski definition) is 1. The van der Waals surface area contributed by atoms with E-state index in [-0.39, 0.29) is 11.7 Å². The maximum absolute atomic E-state index is 12.8. The zero-order valence-corrected chi connectivity index (χ0v) is 13.9. The Bertz CT molecular complexity index is 541. The van der Waals surface area contributed by atoms with Crippen molar-refractivity contribution < 1.29 is 4.79 Å². The summed E-state index contributed by atoms with van der Waals surface area (Å²) >= 11 is 1.85. The highest BCUT2D eigenvalue weighted by Crippen LogP contribution is 2.46.